The average molecular weight is 326 g/mol. The van der Waals surface area contributed by atoms with Gasteiger partial charge >= 0.3 is 0 Å². The molecule has 0 fully saturated rings. The number of hydrogen-bond acceptors (Lipinski definition) is 1. The van der Waals surface area contributed by atoms with Crippen molar-refractivity contribution in [2.75, 3.05) is 0 Å². The van der Waals surface area contributed by atoms with E-state index in [1.165, 1.54) is 12.8 Å². The molecule has 0 N–H and O–H groups in total. The molecule has 23 heavy (non-hydrogen) atoms. The Morgan fingerprint density at radius 3 is 2.52 bits per heavy atom. The lowest BCUT2D eigenvalue weighted by Crippen LogP contribution is -2.01. The molecule has 0 saturated heterocycles. The number of fused-ring (bicyclic) bond motifs is 1. The van der Waals surface area contributed by atoms with Crippen LogP contribution in [0, 0.1) is 0 Å². The number of carbonyl (C=O) groups is 1. The van der Waals surface area contributed by atoms with E-state index in [4.69, 9.17) is 11.6 Å². The Kier molecular flexibility index (Phi) is 4.82. The van der Waals surface area contributed by atoms with Crippen LogP contribution >= 0.6 is 11.6 Å². The molecule has 3 rings (SSSR count). The summed E-state index contributed by atoms with van der Waals surface area (Å²) in [5.41, 5.74) is 2.40. The van der Waals surface area contributed by atoms with Gasteiger partial charge < -0.3 is 4.57 Å². The molecule has 0 aliphatic carbocycles. The van der Waals surface area contributed by atoms with Crippen molar-refractivity contribution in [1.82, 2.24) is 4.57 Å². The number of hydrogen-bond donors (Lipinski definition) is 0. The van der Waals surface area contributed by atoms with Crippen LogP contribution in [0.4, 0.5) is 0 Å². The number of benzene rings is 2. The summed E-state index contributed by atoms with van der Waals surface area (Å²) >= 11 is 6.20. The number of rotatable bonds is 6. The number of nitrogens with zero attached hydrogens (tertiary/aromatic N) is 1. The highest BCUT2D eigenvalue weighted by Crippen LogP contribution is 2.26. The average Bonchev–Trinajstić information content (AvgIpc) is 2.94. The van der Waals surface area contributed by atoms with Gasteiger partial charge in [0.25, 0.3) is 0 Å². The van der Waals surface area contributed by atoms with E-state index < -0.39 is 0 Å². The molecule has 0 aliphatic heterocycles. The van der Waals surface area contributed by atoms with E-state index in [9.17, 15) is 4.79 Å². The number of ketones is 1. The lowest BCUT2D eigenvalue weighted by atomic mass is 10.0. The Morgan fingerprint density at radius 2 is 1.74 bits per heavy atom. The molecular formula is C20H20ClNO. The van der Waals surface area contributed by atoms with Crippen molar-refractivity contribution in [2.45, 2.75) is 32.7 Å². The molecule has 0 atom stereocenters. The molecule has 118 valence electrons. The van der Waals surface area contributed by atoms with E-state index in [1.54, 1.807) is 12.1 Å². The van der Waals surface area contributed by atoms with Crippen LogP contribution in [0.15, 0.2) is 54.7 Å². The fourth-order valence-electron chi connectivity index (χ4n) is 2.94. The minimum Gasteiger partial charge on any atom is -0.347 e. The Balaban J connectivity index is 2.04. The maximum Gasteiger partial charge on any atom is 0.196 e. The molecule has 1 heterocycles. The summed E-state index contributed by atoms with van der Waals surface area (Å²) in [4.78, 5) is 12.9. The number of halogens is 1. The smallest absolute Gasteiger partial charge is 0.196 e. The highest BCUT2D eigenvalue weighted by molar-refractivity contribution is 6.35. The van der Waals surface area contributed by atoms with Gasteiger partial charge in [0.2, 0.25) is 0 Å². The van der Waals surface area contributed by atoms with E-state index in [2.05, 4.69) is 17.6 Å². The van der Waals surface area contributed by atoms with Crippen molar-refractivity contribution in [1.29, 1.82) is 0 Å². The monoisotopic (exact) mass is 325 g/mol. The van der Waals surface area contributed by atoms with Crippen LogP contribution in [0.3, 0.4) is 0 Å². The molecule has 3 heteroatoms. The van der Waals surface area contributed by atoms with Crippen molar-refractivity contribution in [3.8, 4) is 0 Å². The molecule has 0 unspecified atom stereocenters. The molecule has 0 amide bonds. The van der Waals surface area contributed by atoms with Crippen molar-refractivity contribution in [3.05, 3.63) is 70.9 Å². The van der Waals surface area contributed by atoms with E-state index in [0.29, 0.717) is 10.6 Å². The zero-order valence-corrected chi connectivity index (χ0v) is 14.0. The first-order chi connectivity index (χ1) is 11.2. The summed E-state index contributed by atoms with van der Waals surface area (Å²) in [6.45, 7) is 3.13. The molecule has 0 radical (unpaired) electrons. The third-order valence-corrected chi connectivity index (χ3v) is 4.48. The van der Waals surface area contributed by atoms with Gasteiger partial charge in [-0.1, -0.05) is 61.7 Å². The Bertz CT molecular complexity index is 835. The maximum atomic E-state index is 12.9. The van der Waals surface area contributed by atoms with Gasteiger partial charge in [-0.25, -0.2) is 0 Å². The van der Waals surface area contributed by atoms with Crippen LogP contribution in [0.5, 0.6) is 0 Å². The third-order valence-electron chi connectivity index (χ3n) is 4.15. The van der Waals surface area contributed by atoms with Gasteiger partial charge in [-0.3, -0.25) is 4.79 Å². The fraction of sp³-hybridized carbons (Fsp3) is 0.250. The van der Waals surface area contributed by atoms with Crippen molar-refractivity contribution < 1.29 is 4.79 Å². The summed E-state index contributed by atoms with van der Waals surface area (Å²) in [6.07, 6.45) is 5.48. The second kappa shape index (κ2) is 7.01. The molecule has 1 aromatic heterocycles. The number of aromatic nitrogens is 1. The normalized spacial score (nSPS) is 11.0. The Hall–Kier alpha value is -2.06. The minimum atomic E-state index is -0.0129. The lowest BCUT2D eigenvalue weighted by molar-refractivity contribution is 0.104. The van der Waals surface area contributed by atoms with Gasteiger partial charge in [-0.2, -0.15) is 0 Å². The zero-order valence-electron chi connectivity index (χ0n) is 13.3. The van der Waals surface area contributed by atoms with Gasteiger partial charge in [-0.05, 0) is 24.6 Å². The molecule has 3 aromatic rings. The van der Waals surface area contributed by atoms with Crippen molar-refractivity contribution >= 4 is 28.3 Å². The van der Waals surface area contributed by atoms with E-state index in [1.807, 2.05) is 36.5 Å². The minimum absolute atomic E-state index is 0.0129. The predicted octanol–water partition coefficient (Wildman–Crippen LogP) is 5.72. The standard InChI is InChI=1S/C20H20ClNO/c1-2-3-8-13-22-14-17(15-9-5-7-12-19(15)22)20(23)16-10-4-6-11-18(16)21/h4-7,9-12,14H,2-3,8,13H2,1H3. The van der Waals surface area contributed by atoms with Gasteiger partial charge in [-0.15, -0.1) is 0 Å². The van der Waals surface area contributed by atoms with Crippen molar-refractivity contribution in [3.63, 3.8) is 0 Å². The van der Waals surface area contributed by atoms with Crippen LogP contribution in [-0.2, 0) is 6.54 Å². The summed E-state index contributed by atoms with van der Waals surface area (Å²) in [5, 5.41) is 1.49. The van der Waals surface area contributed by atoms with Gasteiger partial charge in [0.15, 0.2) is 5.78 Å². The lowest BCUT2D eigenvalue weighted by Gasteiger charge is -2.03. The van der Waals surface area contributed by atoms with E-state index in [0.717, 1.165) is 29.4 Å². The summed E-state index contributed by atoms with van der Waals surface area (Å²) in [5.74, 6) is -0.0129. The third kappa shape index (κ3) is 3.18. The molecule has 2 aromatic carbocycles. The van der Waals surface area contributed by atoms with Crippen molar-refractivity contribution in [2.24, 2.45) is 0 Å². The topological polar surface area (TPSA) is 22.0 Å². The van der Waals surface area contributed by atoms with Crippen LogP contribution < -0.4 is 0 Å². The molecule has 0 spiro atoms. The quantitative estimate of drug-likeness (QED) is 0.420. The summed E-state index contributed by atoms with van der Waals surface area (Å²) < 4.78 is 2.19. The van der Waals surface area contributed by atoms with Gasteiger partial charge in [0.1, 0.15) is 0 Å². The highest BCUT2D eigenvalue weighted by atomic mass is 35.5. The number of unbranched alkanes of at least 4 members (excludes halogenated alkanes) is 2. The van der Waals surface area contributed by atoms with Crippen LogP contribution in [0.1, 0.15) is 42.1 Å². The first kappa shape index (κ1) is 15.8. The molecule has 0 bridgehead atoms. The van der Waals surface area contributed by atoms with Crippen LogP contribution in [-0.4, -0.2) is 10.4 Å². The van der Waals surface area contributed by atoms with E-state index in [-0.39, 0.29) is 5.78 Å². The van der Waals surface area contributed by atoms with Crippen LogP contribution in [0.2, 0.25) is 5.02 Å². The molecule has 0 aliphatic rings. The predicted molar refractivity (Wildman–Crippen MR) is 96.3 cm³/mol. The number of carbonyl (C=O) groups excluding carboxylic acids is 1. The second-order valence-electron chi connectivity index (χ2n) is 5.77. The highest BCUT2D eigenvalue weighted by Gasteiger charge is 2.18. The van der Waals surface area contributed by atoms with Gasteiger partial charge in [0, 0.05) is 34.8 Å². The second-order valence-corrected chi connectivity index (χ2v) is 6.18. The zero-order chi connectivity index (χ0) is 16.2. The number of aryl methyl sites for hydroxylation is 1. The molecule has 0 saturated carbocycles. The Morgan fingerprint density at radius 1 is 1.00 bits per heavy atom. The van der Waals surface area contributed by atoms with Gasteiger partial charge in [0.05, 0.1) is 5.02 Å². The first-order valence-electron chi connectivity index (χ1n) is 8.09. The first-order valence-corrected chi connectivity index (χ1v) is 8.47. The summed E-state index contributed by atoms with van der Waals surface area (Å²) in [7, 11) is 0. The van der Waals surface area contributed by atoms with Crippen LogP contribution in [0.25, 0.3) is 10.9 Å². The fourth-order valence-corrected chi connectivity index (χ4v) is 3.16. The SMILES string of the molecule is CCCCCn1cc(C(=O)c2ccccc2Cl)c2ccccc21. The Labute approximate surface area is 141 Å². The largest absolute Gasteiger partial charge is 0.347 e. The number of para-hydroxylation sites is 1. The van der Waals surface area contributed by atoms with E-state index >= 15 is 0 Å². The molecule has 2 nitrogen and oxygen atoms in total. The maximum absolute atomic E-state index is 12.9. The molecular weight excluding hydrogens is 306 g/mol. The summed E-state index contributed by atoms with van der Waals surface area (Å²) in [6, 6.07) is 15.3.